The molecule has 1 N–H and O–H groups in total. The lowest BCUT2D eigenvalue weighted by atomic mass is 10.1. The molecule has 0 spiro atoms. The molecule has 0 aromatic heterocycles. The molecule has 1 saturated carbocycles. The van der Waals surface area contributed by atoms with Gasteiger partial charge in [-0.25, -0.2) is 8.42 Å². The van der Waals surface area contributed by atoms with Gasteiger partial charge >= 0.3 is 0 Å². The normalized spacial score (nSPS) is 16.2. The van der Waals surface area contributed by atoms with Crippen molar-refractivity contribution in [3.63, 3.8) is 0 Å². The third kappa shape index (κ3) is 7.33. The minimum absolute atomic E-state index is 0.0609. The Morgan fingerprint density at radius 2 is 1.81 bits per heavy atom. The van der Waals surface area contributed by atoms with Gasteiger partial charge in [-0.05, 0) is 25.0 Å². The van der Waals surface area contributed by atoms with E-state index in [1.54, 1.807) is 4.31 Å². The number of nitrogens with one attached hydrogen (secondary N) is 1. The summed E-state index contributed by atoms with van der Waals surface area (Å²) in [6, 6.07) is 9.40. The van der Waals surface area contributed by atoms with E-state index in [9.17, 15) is 13.2 Å². The first-order chi connectivity index (χ1) is 12.5. The van der Waals surface area contributed by atoms with E-state index in [4.69, 9.17) is 4.74 Å². The molecule has 6 nitrogen and oxygen atoms in total. The fourth-order valence-electron chi connectivity index (χ4n) is 3.34. The van der Waals surface area contributed by atoms with Crippen molar-refractivity contribution in [3.05, 3.63) is 30.3 Å². The summed E-state index contributed by atoms with van der Waals surface area (Å²) in [6.07, 6.45) is 7.81. The molecule has 0 aliphatic heterocycles. The van der Waals surface area contributed by atoms with Crippen LogP contribution in [0.25, 0.3) is 0 Å². The van der Waals surface area contributed by atoms with Gasteiger partial charge in [-0.2, -0.15) is 4.31 Å². The molecule has 1 aliphatic rings. The Hall–Kier alpha value is -1.60. The molecule has 0 bridgehead atoms. The molecule has 1 fully saturated rings. The highest BCUT2D eigenvalue weighted by Gasteiger charge is 2.26. The molecule has 0 atom stereocenters. The van der Waals surface area contributed by atoms with Crippen LogP contribution in [-0.2, 0) is 14.8 Å². The van der Waals surface area contributed by atoms with E-state index in [0.29, 0.717) is 19.7 Å². The quantitative estimate of drug-likeness (QED) is 0.666. The van der Waals surface area contributed by atoms with Crippen LogP contribution in [0.2, 0.25) is 0 Å². The topological polar surface area (TPSA) is 75.7 Å². The van der Waals surface area contributed by atoms with Crippen molar-refractivity contribution in [2.24, 2.45) is 0 Å². The number of benzene rings is 1. The van der Waals surface area contributed by atoms with Crippen LogP contribution in [0.5, 0.6) is 5.75 Å². The van der Waals surface area contributed by atoms with Crippen molar-refractivity contribution in [2.75, 3.05) is 26.0 Å². The Kier molecular flexibility index (Phi) is 8.38. The monoisotopic (exact) mass is 382 g/mol. The zero-order valence-corrected chi connectivity index (χ0v) is 16.3. The van der Waals surface area contributed by atoms with Crippen LogP contribution in [0.1, 0.15) is 44.9 Å². The molecule has 1 amide bonds. The number of amides is 1. The summed E-state index contributed by atoms with van der Waals surface area (Å²) >= 11 is 0. The number of rotatable bonds is 9. The molecule has 7 heteroatoms. The van der Waals surface area contributed by atoms with Crippen molar-refractivity contribution in [3.8, 4) is 5.75 Å². The molecule has 0 unspecified atom stereocenters. The number of hydrogen-bond donors (Lipinski definition) is 1. The molecule has 1 aliphatic carbocycles. The zero-order valence-electron chi connectivity index (χ0n) is 15.5. The lowest BCUT2D eigenvalue weighted by Gasteiger charge is -2.29. The summed E-state index contributed by atoms with van der Waals surface area (Å²) in [5.74, 6) is 0.604. The molecule has 0 radical (unpaired) electrons. The average molecular weight is 383 g/mol. The van der Waals surface area contributed by atoms with Crippen molar-refractivity contribution in [2.45, 2.75) is 51.0 Å². The highest BCUT2D eigenvalue weighted by molar-refractivity contribution is 7.88. The highest BCUT2D eigenvalue weighted by Crippen LogP contribution is 2.23. The third-order valence-electron chi connectivity index (χ3n) is 4.65. The van der Waals surface area contributed by atoms with E-state index in [-0.39, 0.29) is 18.4 Å². The van der Waals surface area contributed by atoms with Gasteiger partial charge in [0.15, 0.2) is 0 Å². The zero-order chi connectivity index (χ0) is 18.8. The van der Waals surface area contributed by atoms with Crippen LogP contribution in [0.3, 0.4) is 0 Å². The van der Waals surface area contributed by atoms with Crippen molar-refractivity contribution in [1.29, 1.82) is 0 Å². The van der Waals surface area contributed by atoms with Crippen LogP contribution in [0.15, 0.2) is 30.3 Å². The summed E-state index contributed by atoms with van der Waals surface area (Å²) in [5.41, 5.74) is 0. The first-order valence-electron chi connectivity index (χ1n) is 9.38. The number of nitrogens with zero attached hydrogens (tertiary/aromatic N) is 1. The second-order valence-electron chi connectivity index (χ2n) is 6.78. The second-order valence-corrected chi connectivity index (χ2v) is 8.72. The Balaban J connectivity index is 1.73. The van der Waals surface area contributed by atoms with Gasteiger partial charge in [-0.1, -0.05) is 43.9 Å². The maximum Gasteiger partial charge on any atom is 0.223 e. The maximum atomic E-state index is 12.1. The van der Waals surface area contributed by atoms with Gasteiger partial charge in [0.25, 0.3) is 0 Å². The summed E-state index contributed by atoms with van der Waals surface area (Å²) in [4.78, 5) is 11.9. The van der Waals surface area contributed by atoms with E-state index in [1.165, 1.54) is 19.1 Å². The minimum atomic E-state index is -3.27. The van der Waals surface area contributed by atoms with Crippen molar-refractivity contribution < 1.29 is 17.9 Å². The van der Waals surface area contributed by atoms with E-state index in [1.807, 2.05) is 30.3 Å². The molecular weight excluding hydrogens is 352 g/mol. The standard InChI is InChI=1S/C19H30N2O4S/c1-26(23,24)21(17-9-5-2-3-6-10-17)15-14-20-19(22)13-16-25-18-11-7-4-8-12-18/h4,7-8,11-12,17H,2-3,5-6,9-10,13-16H2,1H3,(H,20,22). The van der Waals surface area contributed by atoms with Crippen LogP contribution in [-0.4, -0.2) is 50.6 Å². The van der Waals surface area contributed by atoms with Crippen LogP contribution < -0.4 is 10.1 Å². The van der Waals surface area contributed by atoms with E-state index in [2.05, 4.69) is 5.32 Å². The molecule has 26 heavy (non-hydrogen) atoms. The van der Waals surface area contributed by atoms with Crippen molar-refractivity contribution >= 4 is 15.9 Å². The van der Waals surface area contributed by atoms with Gasteiger partial charge in [0, 0.05) is 19.1 Å². The second kappa shape index (κ2) is 10.5. The van der Waals surface area contributed by atoms with Gasteiger partial charge in [-0.15, -0.1) is 0 Å². The predicted molar refractivity (Wildman–Crippen MR) is 103 cm³/mol. The van der Waals surface area contributed by atoms with Crippen LogP contribution in [0.4, 0.5) is 0 Å². The number of sulfonamides is 1. The van der Waals surface area contributed by atoms with E-state index in [0.717, 1.165) is 31.4 Å². The van der Waals surface area contributed by atoms with Crippen LogP contribution in [0, 0.1) is 0 Å². The lowest BCUT2D eigenvalue weighted by molar-refractivity contribution is -0.121. The largest absolute Gasteiger partial charge is 0.493 e. The highest BCUT2D eigenvalue weighted by atomic mass is 32.2. The summed E-state index contributed by atoms with van der Waals surface area (Å²) in [7, 11) is -3.27. The number of ether oxygens (including phenoxy) is 1. The smallest absolute Gasteiger partial charge is 0.223 e. The Labute approximate surface area is 157 Å². The molecule has 146 valence electrons. The fraction of sp³-hybridized carbons (Fsp3) is 0.632. The molecule has 1 aromatic carbocycles. The molecule has 1 aromatic rings. The minimum Gasteiger partial charge on any atom is -0.493 e. The molecular formula is C19H30N2O4S. The first-order valence-corrected chi connectivity index (χ1v) is 11.2. The molecule has 0 heterocycles. The summed E-state index contributed by atoms with van der Waals surface area (Å²) < 4.78 is 31.4. The average Bonchev–Trinajstić information content (AvgIpc) is 2.87. The predicted octanol–water partition coefficient (Wildman–Crippen LogP) is 2.56. The number of hydrogen-bond acceptors (Lipinski definition) is 4. The SMILES string of the molecule is CS(=O)(=O)N(CCNC(=O)CCOc1ccccc1)C1CCCCCC1. The van der Waals surface area contributed by atoms with Crippen LogP contribution >= 0.6 is 0 Å². The van der Waals surface area contributed by atoms with Gasteiger partial charge in [0.2, 0.25) is 15.9 Å². The van der Waals surface area contributed by atoms with Crippen molar-refractivity contribution in [1.82, 2.24) is 9.62 Å². The Morgan fingerprint density at radius 3 is 2.42 bits per heavy atom. The summed E-state index contributed by atoms with van der Waals surface area (Å²) in [6.45, 7) is 0.955. The van der Waals surface area contributed by atoms with Gasteiger partial charge < -0.3 is 10.1 Å². The van der Waals surface area contributed by atoms with Gasteiger partial charge in [0.1, 0.15) is 5.75 Å². The Morgan fingerprint density at radius 1 is 1.15 bits per heavy atom. The Bertz CT molecular complexity index is 641. The van der Waals surface area contributed by atoms with Gasteiger partial charge in [0.05, 0.1) is 19.3 Å². The third-order valence-corrected chi connectivity index (χ3v) is 5.99. The lowest BCUT2D eigenvalue weighted by Crippen LogP contribution is -2.44. The van der Waals surface area contributed by atoms with E-state index >= 15 is 0 Å². The van der Waals surface area contributed by atoms with Gasteiger partial charge in [-0.3, -0.25) is 4.79 Å². The number of para-hydroxylation sites is 1. The number of carbonyl (C=O) groups excluding carboxylic acids is 1. The van der Waals surface area contributed by atoms with E-state index < -0.39 is 10.0 Å². The molecule has 0 saturated heterocycles. The maximum absolute atomic E-state index is 12.1. The first kappa shape index (κ1) is 20.7. The number of carbonyl (C=O) groups is 1. The fourth-order valence-corrected chi connectivity index (χ4v) is 4.51. The molecule has 2 rings (SSSR count). The summed E-state index contributed by atoms with van der Waals surface area (Å²) in [5, 5.41) is 2.80.